The van der Waals surface area contributed by atoms with E-state index in [1.54, 1.807) is 0 Å². The average Bonchev–Trinajstić information content (AvgIpc) is 1.64. The Morgan fingerprint density at radius 2 is 1.70 bits per heavy atom. The minimum atomic E-state index is -3.95. The minimum absolute atomic E-state index is 0. The van der Waals surface area contributed by atoms with Crippen molar-refractivity contribution in [2.45, 2.75) is 13.3 Å². The topological polar surface area (TPSA) is 63.9 Å². The van der Waals surface area contributed by atoms with Crippen molar-refractivity contribution in [3.8, 4) is 0 Å². The van der Waals surface area contributed by atoms with Crippen molar-refractivity contribution in [1.82, 2.24) is 4.57 Å². The van der Waals surface area contributed by atoms with Gasteiger partial charge in [0, 0.05) is 0 Å². The lowest BCUT2D eigenvalue weighted by Gasteiger charge is -2.20. The van der Waals surface area contributed by atoms with Crippen LogP contribution in [0.15, 0.2) is 0 Å². The highest BCUT2D eigenvalue weighted by Crippen LogP contribution is 1.94. The summed E-state index contributed by atoms with van der Waals surface area (Å²) < 4.78 is 1.17. The maximum atomic E-state index is 8.59. The van der Waals surface area contributed by atoms with Gasteiger partial charge in [-0.05, 0) is 20.0 Å². The molecule has 0 radical (unpaired) electrons. The van der Waals surface area contributed by atoms with Gasteiger partial charge in [0.1, 0.15) is 0 Å². The second kappa shape index (κ2) is 5.06. The molecule has 0 rings (SSSR count). The number of rotatable bonds is 3. The molecule has 0 unspecified atom stereocenters. The van der Waals surface area contributed by atoms with Gasteiger partial charge in [0.2, 0.25) is 0 Å². The van der Waals surface area contributed by atoms with Gasteiger partial charge in [-0.3, -0.25) is 4.57 Å². The molecule has 0 saturated heterocycles. The lowest BCUT2D eigenvalue weighted by molar-refractivity contribution is 0.146. The van der Waals surface area contributed by atoms with Crippen LogP contribution in [0.25, 0.3) is 0 Å². The minimum Gasteiger partial charge on any atom is -0.377 e. The second-order valence-electron chi connectivity index (χ2n) is 2.02. The van der Waals surface area contributed by atoms with Gasteiger partial charge in [-0.2, -0.15) is 0 Å². The van der Waals surface area contributed by atoms with Crippen molar-refractivity contribution in [2.75, 3.05) is 13.6 Å². The molecule has 0 fully saturated rings. The van der Waals surface area contributed by atoms with Gasteiger partial charge in [-0.1, -0.05) is 6.92 Å². The molecule has 0 aromatic carbocycles. The average molecular weight is 188 g/mol. The molecule has 0 aliphatic carbocycles. The molecule has 0 aromatic heterocycles. The van der Waals surface area contributed by atoms with E-state index in [1.807, 2.05) is 6.92 Å². The predicted molar refractivity (Wildman–Crippen MR) is 42.6 cm³/mol. The molecule has 64 valence electrons. The zero-order chi connectivity index (χ0) is 7.49. The summed E-state index contributed by atoms with van der Waals surface area (Å²) >= 11 is 0. The number of hydrogen-bond donors (Lipinski definition) is 3. The maximum absolute atomic E-state index is 8.59. The highest BCUT2D eigenvalue weighted by atomic mass is 35.5. The van der Waals surface area contributed by atoms with Crippen LogP contribution < -0.4 is 0 Å². The predicted octanol–water partition coefficient (Wildman–Crippen LogP) is -0.837. The molecule has 0 spiro atoms. The van der Waals surface area contributed by atoms with Gasteiger partial charge in [0.15, 0.2) is 0 Å². The van der Waals surface area contributed by atoms with E-state index in [4.69, 9.17) is 14.4 Å². The summed E-state index contributed by atoms with van der Waals surface area (Å²) in [6, 6.07) is 0. The summed E-state index contributed by atoms with van der Waals surface area (Å²) in [6.07, 6.45) is 0.799. The van der Waals surface area contributed by atoms with Crippen molar-refractivity contribution in [3.63, 3.8) is 0 Å². The standard InChI is InChI=1S/C4H13NO3Si.ClH/c1-3-4-5(2)9(6,7)8;/h6-8H,3-4H2,1-2H3;1H. The molecular formula is C4H14ClNO3Si. The van der Waals surface area contributed by atoms with Crippen LogP contribution in [0.4, 0.5) is 0 Å². The Morgan fingerprint density at radius 1 is 1.30 bits per heavy atom. The first-order valence-corrected chi connectivity index (χ1v) is 4.65. The van der Waals surface area contributed by atoms with E-state index in [0.717, 1.165) is 6.42 Å². The quantitative estimate of drug-likeness (QED) is 0.505. The van der Waals surface area contributed by atoms with E-state index in [0.29, 0.717) is 6.54 Å². The first kappa shape index (κ1) is 13.0. The normalized spacial score (nSPS) is 11.4. The van der Waals surface area contributed by atoms with Crippen molar-refractivity contribution in [2.24, 2.45) is 0 Å². The fraction of sp³-hybridized carbons (Fsp3) is 1.00. The number of hydrogen-bond acceptors (Lipinski definition) is 4. The van der Waals surface area contributed by atoms with Gasteiger partial charge >= 0.3 is 8.97 Å². The Labute approximate surface area is 68.0 Å². The van der Waals surface area contributed by atoms with Crippen LogP contribution in [0.3, 0.4) is 0 Å². The van der Waals surface area contributed by atoms with Crippen molar-refractivity contribution in [3.05, 3.63) is 0 Å². The molecule has 0 aliphatic heterocycles. The third-order valence-corrected chi connectivity index (χ3v) is 2.32. The van der Waals surface area contributed by atoms with Crippen molar-refractivity contribution >= 4 is 21.4 Å². The van der Waals surface area contributed by atoms with Crippen molar-refractivity contribution < 1.29 is 14.4 Å². The first-order valence-electron chi connectivity index (χ1n) is 2.86. The molecule has 10 heavy (non-hydrogen) atoms. The van der Waals surface area contributed by atoms with E-state index >= 15 is 0 Å². The Kier molecular flexibility index (Phi) is 6.56. The Hall–Kier alpha value is 0.347. The molecule has 4 nitrogen and oxygen atoms in total. The molecule has 0 amide bonds. The monoisotopic (exact) mass is 187 g/mol. The van der Waals surface area contributed by atoms with E-state index in [1.165, 1.54) is 11.6 Å². The Morgan fingerprint density at radius 3 is 1.80 bits per heavy atom. The third-order valence-electron chi connectivity index (χ3n) is 1.07. The highest BCUT2D eigenvalue weighted by Gasteiger charge is 2.33. The summed E-state index contributed by atoms with van der Waals surface area (Å²) in [5.41, 5.74) is 0. The highest BCUT2D eigenvalue weighted by molar-refractivity contribution is 6.52. The zero-order valence-electron chi connectivity index (χ0n) is 6.11. The van der Waals surface area contributed by atoms with Gasteiger partial charge < -0.3 is 14.4 Å². The van der Waals surface area contributed by atoms with Crippen LogP contribution in [0.5, 0.6) is 0 Å². The van der Waals surface area contributed by atoms with Gasteiger partial charge in [-0.25, -0.2) is 0 Å². The SMILES string of the molecule is CCCN(C)[Si](O)(O)O.Cl. The summed E-state index contributed by atoms with van der Waals surface area (Å²) in [5, 5.41) is 0. The van der Waals surface area contributed by atoms with Crippen LogP contribution in [0.2, 0.25) is 0 Å². The molecule has 0 atom stereocenters. The molecule has 0 aliphatic rings. The lowest BCUT2D eigenvalue weighted by atomic mass is 10.5. The first-order chi connectivity index (χ1) is 3.98. The van der Waals surface area contributed by atoms with Crippen LogP contribution in [-0.2, 0) is 0 Å². The number of nitrogens with zero attached hydrogens (tertiary/aromatic N) is 1. The Balaban J connectivity index is 0. The molecule has 0 bridgehead atoms. The lowest BCUT2D eigenvalue weighted by Crippen LogP contribution is -2.52. The zero-order valence-corrected chi connectivity index (χ0v) is 7.93. The molecule has 0 aromatic rings. The van der Waals surface area contributed by atoms with E-state index in [9.17, 15) is 0 Å². The maximum Gasteiger partial charge on any atom is 0.591 e. The largest absolute Gasteiger partial charge is 0.591 e. The summed E-state index contributed by atoms with van der Waals surface area (Å²) in [7, 11) is -2.47. The van der Waals surface area contributed by atoms with E-state index in [-0.39, 0.29) is 12.4 Å². The van der Waals surface area contributed by atoms with E-state index < -0.39 is 8.97 Å². The fourth-order valence-electron chi connectivity index (χ4n) is 0.485. The molecular weight excluding hydrogens is 174 g/mol. The van der Waals surface area contributed by atoms with Crippen LogP contribution in [0, 0.1) is 0 Å². The third kappa shape index (κ3) is 5.16. The molecule has 3 N–H and O–H groups in total. The summed E-state index contributed by atoms with van der Waals surface area (Å²) in [6.45, 7) is 2.41. The van der Waals surface area contributed by atoms with Gasteiger partial charge in [0.25, 0.3) is 0 Å². The van der Waals surface area contributed by atoms with Gasteiger partial charge in [0.05, 0.1) is 0 Å². The molecule has 0 heterocycles. The smallest absolute Gasteiger partial charge is 0.377 e. The molecule has 6 heteroatoms. The van der Waals surface area contributed by atoms with Crippen LogP contribution >= 0.6 is 12.4 Å². The summed E-state index contributed by atoms with van der Waals surface area (Å²) in [4.78, 5) is 25.8. The van der Waals surface area contributed by atoms with Crippen molar-refractivity contribution in [1.29, 1.82) is 0 Å². The van der Waals surface area contributed by atoms with E-state index in [2.05, 4.69) is 0 Å². The summed E-state index contributed by atoms with van der Waals surface area (Å²) in [5.74, 6) is 0. The van der Waals surface area contributed by atoms with Gasteiger partial charge in [-0.15, -0.1) is 12.4 Å². The number of halogens is 1. The van der Waals surface area contributed by atoms with Crippen LogP contribution in [-0.4, -0.2) is 41.5 Å². The van der Waals surface area contributed by atoms with Crippen LogP contribution in [0.1, 0.15) is 13.3 Å². The fourth-order valence-corrected chi connectivity index (χ4v) is 1.01. The Bertz CT molecular complexity index is 87.1. The second-order valence-corrected chi connectivity index (χ2v) is 3.98. The molecule has 0 saturated carbocycles.